The molecule has 0 bridgehead atoms. The Morgan fingerprint density at radius 3 is 2.76 bits per heavy atom. The summed E-state index contributed by atoms with van der Waals surface area (Å²) in [5, 5.41) is 22.3. The van der Waals surface area contributed by atoms with Gasteiger partial charge in [0.2, 0.25) is 5.95 Å². The largest absolute Gasteiger partial charge is 0.383 e. The molecule has 11 nitrogen and oxygen atoms in total. The molecule has 0 unspecified atom stereocenters. The van der Waals surface area contributed by atoms with Gasteiger partial charge in [-0.3, -0.25) is 4.68 Å². The molecule has 2 fully saturated rings. The molecule has 6 N–H and O–H groups in total. The quantitative estimate of drug-likeness (QED) is 0.288. The molecule has 2 aromatic heterocycles. The number of anilines is 3. The summed E-state index contributed by atoms with van der Waals surface area (Å²) >= 11 is 0. The number of hydrogen-bond acceptors (Lipinski definition) is 10. The Balaban J connectivity index is 1.12. The highest BCUT2D eigenvalue weighted by Gasteiger charge is 2.14. The molecule has 0 atom stereocenters. The molecule has 2 aliphatic rings. The summed E-state index contributed by atoms with van der Waals surface area (Å²) in [6.45, 7) is 8.11. The van der Waals surface area contributed by atoms with E-state index in [9.17, 15) is 0 Å². The van der Waals surface area contributed by atoms with Gasteiger partial charge in [-0.2, -0.15) is 9.97 Å². The van der Waals surface area contributed by atoms with Crippen molar-refractivity contribution in [1.82, 2.24) is 40.9 Å². The van der Waals surface area contributed by atoms with E-state index < -0.39 is 0 Å². The molecule has 182 valence electrons. The summed E-state index contributed by atoms with van der Waals surface area (Å²) in [6, 6.07) is 2.56. The minimum Gasteiger partial charge on any atom is -0.383 e. The SMILES string of the molecule is Nc1cc(N2CCNCC2)nc(NCc2cn(CCCNCCNC3CCCCC3)nn2)n1. The number of rotatable bonds is 12. The molecule has 3 heterocycles. The minimum absolute atomic E-state index is 0.464. The van der Waals surface area contributed by atoms with Gasteiger partial charge >= 0.3 is 0 Å². The monoisotopic (exact) mass is 457 g/mol. The van der Waals surface area contributed by atoms with Crippen LogP contribution in [0.4, 0.5) is 17.6 Å². The summed E-state index contributed by atoms with van der Waals surface area (Å²) in [4.78, 5) is 11.2. The first-order chi connectivity index (χ1) is 16.3. The number of nitrogens with two attached hydrogens (primary N) is 1. The summed E-state index contributed by atoms with van der Waals surface area (Å²) in [5.41, 5.74) is 6.86. The number of aromatic nitrogens is 5. The summed E-state index contributed by atoms with van der Waals surface area (Å²) in [5.74, 6) is 1.84. The lowest BCUT2D eigenvalue weighted by atomic mass is 9.95. The Morgan fingerprint density at radius 1 is 1.06 bits per heavy atom. The first-order valence-electron chi connectivity index (χ1n) is 12.4. The zero-order valence-electron chi connectivity index (χ0n) is 19.6. The van der Waals surface area contributed by atoms with Crippen molar-refractivity contribution < 1.29 is 0 Å². The van der Waals surface area contributed by atoms with Gasteiger partial charge in [0.1, 0.15) is 17.3 Å². The fourth-order valence-electron chi connectivity index (χ4n) is 4.45. The number of nitrogens with zero attached hydrogens (tertiary/aromatic N) is 6. The van der Waals surface area contributed by atoms with Crippen LogP contribution in [0.25, 0.3) is 0 Å². The second-order valence-corrected chi connectivity index (χ2v) is 8.93. The predicted octanol–water partition coefficient (Wildman–Crippen LogP) is 0.574. The highest BCUT2D eigenvalue weighted by molar-refractivity contribution is 5.51. The topological polar surface area (TPSA) is 134 Å². The van der Waals surface area contributed by atoms with E-state index in [0.717, 1.165) is 76.3 Å². The predicted molar refractivity (Wildman–Crippen MR) is 131 cm³/mol. The maximum atomic E-state index is 6.00. The first-order valence-corrected chi connectivity index (χ1v) is 12.4. The third kappa shape index (κ3) is 7.79. The van der Waals surface area contributed by atoms with E-state index in [-0.39, 0.29) is 0 Å². The van der Waals surface area contributed by atoms with Gasteiger partial charge in [-0.25, -0.2) is 0 Å². The minimum atomic E-state index is 0.464. The molecule has 0 spiro atoms. The molecule has 11 heteroatoms. The van der Waals surface area contributed by atoms with Crippen LogP contribution in [0.1, 0.15) is 44.2 Å². The summed E-state index contributed by atoms with van der Waals surface area (Å²) in [7, 11) is 0. The Morgan fingerprint density at radius 2 is 1.91 bits per heavy atom. The first kappa shape index (κ1) is 23.7. The lowest BCUT2D eigenvalue weighted by Gasteiger charge is -2.28. The molecule has 0 aromatic carbocycles. The molecule has 0 radical (unpaired) electrons. The van der Waals surface area contributed by atoms with Gasteiger partial charge in [-0.15, -0.1) is 5.10 Å². The third-order valence-electron chi connectivity index (χ3n) is 6.27. The standard InChI is InChI=1S/C22H39N11/c23-20-15-21(32-13-10-25-11-14-32)29-22(28-20)27-16-19-17-33(31-30-19)12-4-7-24-8-9-26-18-5-2-1-3-6-18/h15,17-18,24-26H,1-14,16H2,(H3,23,27,28,29). The molecule has 1 saturated carbocycles. The van der Waals surface area contributed by atoms with Crippen molar-refractivity contribution in [3.8, 4) is 0 Å². The van der Waals surface area contributed by atoms with Crippen LogP contribution in [0.15, 0.2) is 12.3 Å². The molecule has 4 rings (SSSR count). The Bertz CT molecular complexity index is 827. The van der Waals surface area contributed by atoms with Crippen LogP contribution in [0, 0.1) is 0 Å². The average molecular weight is 458 g/mol. The lowest BCUT2D eigenvalue weighted by Crippen LogP contribution is -2.44. The fraction of sp³-hybridized carbons (Fsp3) is 0.727. The van der Waals surface area contributed by atoms with Crippen LogP contribution >= 0.6 is 0 Å². The van der Waals surface area contributed by atoms with E-state index in [2.05, 4.69) is 46.4 Å². The van der Waals surface area contributed by atoms with E-state index in [1.54, 1.807) is 0 Å². The molecule has 0 amide bonds. The van der Waals surface area contributed by atoms with Crippen molar-refractivity contribution >= 4 is 17.6 Å². The van der Waals surface area contributed by atoms with Gasteiger partial charge in [0, 0.05) is 57.9 Å². The van der Waals surface area contributed by atoms with E-state index in [1.165, 1.54) is 32.1 Å². The van der Waals surface area contributed by atoms with Crippen molar-refractivity contribution in [3.05, 3.63) is 18.0 Å². The van der Waals surface area contributed by atoms with Crippen LogP contribution in [0.2, 0.25) is 0 Å². The van der Waals surface area contributed by atoms with Gasteiger partial charge in [0.25, 0.3) is 0 Å². The fourth-order valence-corrected chi connectivity index (χ4v) is 4.45. The van der Waals surface area contributed by atoms with Crippen LogP contribution in [0.3, 0.4) is 0 Å². The van der Waals surface area contributed by atoms with Gasteiger partial charge in [-0.05, 0) is 25.8 Å². The van der Waals surface area contributed by atoms with Crippen molar-refractivity contribution in [1.29, 1.82) is 0 Å². The van der Waals surface area contributed by atoms with Crippen molar-refractivity contribution in [2.75, 3.05) is 61.8 Å². The third-order valence-corrected chi connectivity index (χ3v) is 6.27. The van der Waals surface area contributed by atoms with E-state index in [1.807, 2.05) is 16.9 Å². The normalized spacial score (nSPS) is 17.4. The molecular formula is C22H39N11. The van der Waals surface area contributed by atoms with Gasteiger partial charge in [0.05, 0.1) is 12.7 Å². The lowest BCUT2D eigenvalue weighted by molar-refractivity contribution is 0.372. The van der Waals surface area contributed by atoms with Crippen LogP contribution in [0.5, 0.6) is 0 Å². The van der Waals surface area contributed by atoms with Gasteiger partial charge in [0.15, 0.2) is 0 Å². The Kier molecular flexibility index (Phi) is 9.08. The van der Waals surface area contributed by atoms with Crippen molar-refractivity contribution in [3.63, 3.8) is 0 Å². The van der Waals surface area contributed by atoms with Gasteiger partial charge in [-0.1, -0.05) is 24.5 Å². The number of nitrogens with one attached hydrogen (secondary N) is 4. The zero-order chi connectivity index (χ0) is 22.7. The summed E-state index contributed by atoms with van der Waals surface area (Å²) in [6.07, 6.45) is 9.83. The Labute approximate surface area is 196 Å². The molecule has 1 aliphatic heterocycles. The molecule has 2 aromatic rings. The van der Waals surface area contributed by atoms with Crippen LogP contribution < -0.4 is 31.9 Å². The number of piperazine rings is 1. The highest BCUT2D eigenvalue weighted by Crippen LogP contribution is 2.18. The smallest absolute Gasteiger partial charge is 0.226 e. The molecule has 33 heavy (non-hydrogen) atoms. The van der Waals surface area contributed by atoms with Crippen LogP contribution in [-0.2, 0) is 13.1 Å². The summed E-state index contributed by atoms with van der Waals surface area (Å²) < 4.78 is 1.89. The van der Waals surface area contributed by atoms with E-state index in [0.29, 0.717) is 18.3 Å². The second kappa shape index (κ2) is 12.7. The number of hydrogen-bond donors (Lipinski definition) is 5. The van der Waals surface area contributed by atoms with Crippen molar-refractivity contribution in [2.45, 2.75) is 57.7 Å². The number of nitrogen functional groups attached to an aromatic ring is 1. The zero-order valence-corrected chi connectivity index (χ0v) is 19.6. The highest BCUT2D eigenvalue weighted by atomic mass is 15.4. The molecular weight excluding hydrogens is 418 g/mol. The van der Waals surface area contributed by atoms with E-state index in [4.69, 9.17) is 5.73 Å². The van der Waals surface area contributed by atoms with E-state index >= 15 is 0 Å². The number of aryl methyl sites for hydroxylation is 1. The van der Waals surface area contributed by atoms with Crippen LogP contribution in [-0.4, -0.2) is 76.8 Å². The molecule has 1 aliphatic carbocycles. The second-order valence-electron chi connectivity index (χ2n) is 8.93. The van der Waals surface area contributed by atoms with Crippen molar-refractivity contribution in [2.24, 2.45) is 0 Å². The maximum absolute atomic E-state index is 6.00. The Hall–Kier alpha value is -2.50. The maximum Gasteiger partial charge on any atom is 0.226 e. The molecule has 1 saturated heterocycles. The average Bonchev–Trinajstić information content (AvgIpc) is 3.31. The van der Waals surface area contributed by atoms with Gasteiger partial charge < -0.3 is 31.9 Å².